The van der Waals surface area contributed by atoms with Crippen LogP contribution in [0.3, 0.4) is 0 Å². The molecule has 0 radical (unpaired) electrons. The van der Waals surface area contributed by atoms with Crippen molar-refractivity contribution in [2.24, 2.45) is 0 Å². The number of benzene rings is 1. The molecule has 0 aromatic heterocycles. The molecule has 0 fully saturated rings. The molecule has 1 aromatic rings. The minimum atomic E-state index is -1.20. The van der Waals surface area contributed by atoms with Gasteiger partial charge in [0.15, 0.2) is 0 Å². The predicted octanol–water partition coefficient (Wildman–Crippen LogP) is 1.66. The second kappa shape index (κ2) is 7.73. The fourth-order valence-corrected chi connectivity index (χ4v) is 1.38. The summed E-state index contributed by atoms with van der Waals surface area (Å²) in [6, 6.07) is 5.78. The van der Waals surface area contributed by atoms with E-state index in [0.717, 1.165) is 6.08 Å². The molecule has 0 heterocycles. The van der Waals surface area contributed by atoms with Crippen LogP contribution < -0.4 is 0 Å². The van der Waals surface area contributed by atoms with E-state index in [9.17, 15) is 14.4 Å². The van der Waals surface area contributed by atoms with Crippen LogP contribution in [0.2, 0.25) is 0 Å². The van der Waals surface area contributed by atoms with Gasteiger partial charge in [0.2, 0.25) is 0 Å². The van der Waals surface area contributed by atoms with E-state index in [0.29, 0.717) is 6.42 Å². The van der Waals surface area contributed by atoms with E-state index in [1.807, 2.05) is 0 Å². The Morgan fingerprint density at radius 1 is 1.10 bits per heavy atom. The van der Waals surface area contributed by atoms with E-state index in [2.05, 4.69) is 6.58 Å². The smallest absolute Gasteiger partial charge is 0.339 e. The summed E-state index contributed by atoms with van der Waals surface area (Å²) in [6.07, 6.45) is 1.36. The van der Waals surface area contributed by atoms with Crippen molar-refractivity contribution in [1.82, 2.24) is 0 Å². The molecule has 0 unspecified atom stereocenters. The number of carboxylic acid groups (broad SMARTS) is 1. The number of hydrogen-bond acceptors (Lipinski definition) is 5. The Hall–Kier alpha value is -2.63. The standard InChI is InChI=1S/C14H14O6/c1-2-12(15)19-8-5-9-20-14(18)11-7-4-3-6-10(11)13(16)17/h2-4,6-7H,1,5,8-9H2,(H,16,17). The topological polar surface area (TPSA) is 89.9 Å². The molecule has 0 saturated heterocycles. The van der Waals surface area contributed by atoms with Crippen molar-refractivity contribution in [2.75, 3.05) is 13.2 Å². The molecule has 1 aromatic carbocycles. The molecule has 20 heavy (non-hydrogen) atoms. The van der Waals surface area contributed by atoms with Gasteiger partial charge in [-0.25, -0.2) is 14.4 Å². The Labute approximate surface area is 115 Å². The maximum atomic E-state index is 11.7. The third-order valence-corrected chi connectivity index (χ3v) is 2.31. The summed E-state index contributed by atoms with van der Waals surface area (Å²) in [4.78, 5) is 33.4. The summed E-state index contributed by atoms with van der Waals surface area (Å²) in [6.45, 7) is 3.36. The van der Waals surface area contributed by atoms with Crippen LogP contribution in [0, 0.1) is 0 Å². The quantitative estimate of drug-likeness (QED) is 0.463. The van der Waals surface area contributed by atoms with Crippen molar-refractivity contribution in [2.45, 2.75) is 6.42 Å². The predicted molar refractivity (Wildman–Crippen MR) is 69.5 cm³/mol. The van der Waals surface area contributed by atoms with E-state index in [1.54, 1.807) is 6.07 Å². The highest BCUT2D eigenvalue weighted by Gasteiger charge is 2.16. The van der Waals surface area contributed by atoms with E-state index >= 15 is 0 Å². The van der Waals surface area contributed by atoms with Gasteiger partial charge in [-0.1, -0.05) is 18.7 Å². The normalized spacial score (nSPS) is 9.60. The first-order valence-corrected chi connectivity index (χ1v) is 5.85. The van der Waals surface area contributed by atoms with Crippen LogP contribution in [0.5, 0.6) is 0 Å². The Balaban J connectivity index is 2.46. The van der Waals surface area contributed by atoms with Gasteiger partial charge in [0.05, 0.1) is 24.3 Å². The molecule has 0 spiro atoms. The highest BCUT2D eigenvalue weighted by molar-refractivity contribution is 6.02. The molecule has 0 saturated carbocycles. The molecule has 6 nitrogen and oxygen atoms in total. The zero-order chi connectivity index (χ0) is 15.0. The lowest BCUT2D eigenvalue weighted by Crippen LogP contribution is -2.13. The zero-order valence-electron chi connectivity index (χ0n) is 10.7. The second-order valence-corrected chi connectivity index (χ2v) is 3.71. The molecule has 0 aliphatic carbocycles. The van der Waals surface area contributed by atoms with Crippen molar-refractivity contribution in [1.29, 1.82) is 0 Å². The lowest BCUT2D eigenvalue weighted by Gasteiger charge is -2.07. The van der Waals surface area contributed by atoms with Crippen molar-refractivity contribution < 1.29 is 29.0 Å². The van der Waals surface area contributed by atoms with Crippen molar-refractivity contribution in [3.63, 3.8) is 0 Å². The van der Waals surface area contributed by atoms with Crippen molar-refractivity contribution >= 4 is 17.9 Å². The van der Waals surface area contributed by atoms with Gasteiger partial charge in [0.25, 0.3) is 0 Å². The summed E-state index contributed by atoms with van der Waals surface area (Å²) >= 11 is 0. The summed E-state index contributed by atoms with van der Waals surface area (Å²) in [7, 11) is 0. The number of esters is 2. The fraction of sp³-hybridized carbons (Fsp3) is 0.214. The molecule has 0 atom stereocenters. The average Bonchev–Trinajstić information content (AvgIpc) is 2.46. The molecular weight excluding hydrogens is 264 g/mol. The third kappa shape index (κ3) is 4.56. The average molecular weight is 278 g/mol. The largest absolute Gasteiger partial charge is 0.478 e. The number of hydrogen-bond donors (Lipinski definition) is 1. The first-order chi connectivity index (χ1) is 9.56. The molecule has 1 rings (SSSR count). The highest BCUT2D eigenvalue weighted by Crippen LogP contribution is 2.10. The highest BCUT2D eigenvalue weighted by atomic mass is 16.5. The monoisotopic (exact) mass is 278 g/mol. The number of carbonyl (C=O) groups excluding carboxylic acids is 2. The maximum absolute atomic E-state index is 11.7. The molecule has 0 bridgehead atoms. The first-order valence-electron chi connectivity index (χ1n) is 5.85. The minimum Gasteiger partial charge on any atom is -0.478 e. The molecular formula is C14H14O6. The van der Waals surface area contributed by atoms with E-state index in [-0.39, 0.29) is 24.3 Å². The van der Waals surface area contributed by atoms with Gasteiger partial charge >= 0.3 is 17.9 Å². The van der Waals surface area contributed by atoms with Crippen molar-refractivity contribution in [3.05, 3.63) is 48.0 Å². The van der Waals surface area contributed by atoms with Crippen LogP contribution >= 0.6 is 0 Å². The van der Waals surface area contributed by atoms with E-state index < -0.39 is 17.9 Å². The molecule has 6 heteroatoms. The molecule has 106 valence electrons. The lowest BCUT2D eigenvalue weighted by atomic mass is 10.1. The number of carboxylic acids is 1. The Morgan fingerprint density at radius 2 is 1.70 bits per heavy atom. The SMILES string of the molecule is C=CC(=O)OCCCOC(=O)c1ccccc1C(=O)O. The summed E-state index contributed by atoms with van der Waals surface area (Å²) < 4.78 is 9.61. The number of rotatable bonds is 7. The van der Waals surface area contributed by atoms with E-state index in [4.69, 9.17) is 14.6 Å². The van der Waals surface area contributed by atoms with Crippen LogP contribution in [0.1, 0.15) is 27.1 Å². The Bertz CT molecular complexity index is 520. The second-order valence-electron chi connectivity index (χ2n) is 3.71. The summed E-state index contributed by atoms with van der Waals surface area (Å²) in [5, 5.41) is 8.94. The van der Waals surface area contributed by atoms with Gasteiger partial charge in [-0.05, 0) is 12.1 Å². The van der Waals surface area contributed by atoms with Gasteiger partial charge in [-0.15, -0.1) is 0 Å². The number of carbonyl (C=O) groups is 3. The zero-order valence-corrected chi connectivity index (χ0v) is 10.7. The summed E-state index contributed by atoms with van der Waals surface area (Å²) in [5.41, 5.74) is -0.126. The summed E-state index contributed by atoms with van der Waals surface area (Å²) in [5.74, 6) is -2.47. The van der Waals surface area contributed by atoms with Gasteiger partial charge in [0.1, 0.15) is 0 Å². The fourth-order valence-electron chi connectivity index (χ4n) is 1.38. The number of aromatic carboxylic acids is 1. The maximum Gasteiger partial charge on any atom is 0.339 e. The molecule has 1 N–H and O–H groups in total. The van der Waals surface area contributed by atoms with Crippen LogP contribution in [0.15, 0.2) is 36.9 Å². The number of ether oxygens (including phenoxy) is 2. The van der Waals surface area contributed by atoms with Crippen molar-refractivity contribution in [3.8, 4) is 0 Å². The third-order valence-electron chi connectivity index (χ3n) is 2.31. The van der Waals surface area contributed by atoms with Gasteiger partial charge in [-0.3, -0.25) is 0 Å². The van der Waals surface area contributed by atoms with Crippen LogP contribution in [0.25, 0.3) is 0 Å². The lowest BCUT2D eigenvalue weighted by molar-refractivity contribution is -0.137. The van der Waals surface area contributed by atoms with Crippen LogP contribution in [-0.2, 0) is 14.3 Å². The minimum absolute atomic E-state index is 0.0110. The van der Waals surface area contributed by atoms with Gasteiger partial charge in [-0.2, -0.15) is 0 Å². The Morgan fingerprint density at radius 3 is 2.30 bits per heavy atom. The molecule has 0 amide bonds. The first kappa shape index (κ1) is 15.4. The molecule has 0 aliphatic rings. The van der Waals surface area contributed by atoms with Crippen LogP contribution in [-0.4, -0.2) is 36.2 Å². The van der Waals surface area contributed by atoms with Gasteiger partial charge < -0.3 is 14.6 Å². The molecule has 0 aliphatic heterocycles. The Kier molecular flexibility index (Phi) is 5.96. The van der Waals surface area contributed by atoms with Gasteiger partial charge in [0, 0.05) is 12.5 Å². The van der Waals surface area contributed by atoms with Crippen LogP contribution in [0.4, 0.5) is 0 Å². The van der Waals surface area contributed by atoms with E-state index in [1.165, 1.54) is 18.2 Å².